The molecule has 1 fully saturated rings. The van der Waals surface area contributed by atoms with E-state index in [-0.39, 0.29) is 11.9 Å². The standard InChI is InChI=1S/C18H26N6O2/c1-5-14-15(6-2)22-23-18(21-14)24-9-7-13(8-10-24)20-17(25)16-11(3)19-12(4)26-16/h13H,5-10H2,1-4H3,(H,20,25). The Morgan fingerprint density at radius 1 is 1.12 bits per heavy atom. The summed E-state index contributed by atoms with van der Waals surface area (Å²) in [5, 5.41) is 11.6. The summed E-state index contributed by atoms with van der Waals surface area (Å²) in [4.78, 5) is 23.3. The SMILES string of the molecule is CCc1nnc(N2CCC(NC(=O)c3oc(C)nc3C)CC2)nc1CC. The first kappa shape index (κ1) is 18.3. The predicted octanol–water partition coefficient (Wildman–Crippen LogP) is 2.00. The zero-order valence-corrected chi connectivity index (χ0v) is 15.9. The summed E-state index contributed by atoms with van der Waals surface area (Å²) in [6, 6.07) is 0.108. The number of amides is 1. The minimum Gasteiger partial charge on any atom is -0.436 e. The third-order valence-corrected chi connectivity index (χ3v) is 4.72. The predicted molar refractivity (Wildman–Crippen MR) is 97.3 cm³/mol. The van der Waals surface area contributed by atoms with Crippen LogP contribution >= 0.6 is 0 Å². The number of oxazole rings is 1. The van der Waals surface area contributed by atoms with Crippen LogP contribution in [0.3, 0.4) is 0 Å². The van der Waals surface area contributed by atoms with E-state index in [1.165, 1.54) is 0 Å². The summed E-state index contributed by atoms with van der Waals surface area (Å²) in [6.45, 7) is 9.25. The number of nitrogens with one attached hydrogen (secondary N) is 1. The van der Waals surface area contributed by atoms with Crippen LogP contribution in [0.15, 0.2) is 4.42 Å². The molecule has 1 amide bonds. The van der Waals surface area contributed by atoms with E-state index < -0.39 is 0 Å². The number of rotatable bonds is 5. The summed E-state index contributed by atoms with van der Waals surface area (Å²) in [7, 11) is 0. The van der Waals surface area contributed by atoms with E-state index in [4.69, 9.17) is 4.42 Å². The molecule has 0 aromatic carbocycles. The smallest absolute Gasteiger partial charge is 0.289 e. The molecular formula is C18H26N6O2. The molecule has 26 heavy (non-hydrogen) atoms. The Hall–Kier alpha value is -2.51. The molecule has 0 unspecified atom stereocenters. The first-order valence-electron chi connectivity index (χ1n) is 9.24. The molecule has 3 heterocycles. The molecule has 0 saturated carbocycles. The van der Waals surface area contributed by atoms with Gasteiger partial charge in [-0.15, -0.1) is 5.10 Å². The topological polar surface area (TPSA) is 97.0 Å². The van der Waals surface area contributed by atoms with Gasteiger partial charge in [0.1, 0.15) is 0 Å². The molecule has 2 aromatic heterocycles. The van der Waals surface area contributed by atoms with Gasteiger partial charge in [0.25, 0.3) is 5.91 Å². The molecule has 1 aliphatic rings. The van der Waals surface area contributed by atoms with Gasteiger partial charge in [-0.05, 0) is 32.6 Å². The molecule has 140 valence electrons. The Bertz CT molecular complexity index is 780. The van der Waals surface area contributed by atoms with Crippen molar-refractivity contribution in [1.82, 2.24) is 25.5 Å². The van der Waals surface area contributed by atoms with Crippen LogP contribution in [-0.2, 0) is 12.8 Å². The number of anilines is 1. The summed E-state index contributed by atoms with van der Waals surface area (Å²) in [6.07, 6.45) is 3.36. The van der Waals surface area contributed by atoms with Crippen molar-refractivity contribution in [2.45, 2.75) is 59.4 Å². The van der Waals surface area contributed by atoms with Crippen LogP contribution in [0.2, 0.25) is 0 Å². The lowest BCUT2D eigenvalue weighted by Crippen LogP contribution is -2.45. The van der Waals surface area contributed by atoms with Crippen molar-refractivity contribution >= 4 is 11.9 Å². The van der Waals surface area contributed by atoms with Crippen LogP contribution < -0.4 is 10.2 Å². The molecule has 0 spiro atoms. The zero-order valence-electron chi connectivity index (χ0n) is 15.9. The lowest BCUT2D eigenvalue weighted by Gasteiger charge is -2.32. The number of hydrogen-bond donors (Lipinski definition) is 1. The van der Waals surface area contributed by atoms with Gasteiger partial charge in [0.15, 0.2) is 5.89 Å². The normalized spacial score (nSPS) is 15.3. The van der Waals surface area contributed by atoms with Crippen LogP contribution in [-0.4, -0.2) is 45.2 Å². The van der Waals surface area contributed by atoms with Crippen molar-refractivity contribution in [2.75, 3.05) is 18.0 Å². The Labute approximate surface area is 153 Å². The van der Waals surface area contributed by atoms with Crippen molar-refractivity contribution in [3.63, 3.8) is 0 Å². The van der Waals surface area contributed by atoms with Crippen molar-refractivity contribution in [2.24, 2.45) is 0 Å². The summed E-state index contributed by atoms with van der Waals surface area (Å²) in [5.74, 6) is 1.31. The van der Waals surface area contributed by atoms with Crippen LogP contribution in [0.5, 0.6) is 0 Å². The van der Waals surface area contributed by atoms with Crippen molar-refractivity contribution in [3.05, 3.63) is 28.7 Å². The van der Waals surface area contributed by atoms with Crippen molar-refractivity contribution in [3.8, 4) is 0 Å². The average Bonchev–Trinajstić information content (AvgIpc) is 3.00. The fourth-order valence-corrected chi connectivity index (χ4v) is 3.28. The maximum Gasteiger partial charge on any atom is 0.289 e. The second-order valence-corrected chi connectivity index (χ2v) is 6.59. The van der Waals surface area contributed by atoms with Gasteiger partial charge in [-0.25, -0.2) is 9.97 Å². The highest BCUT2D eigenvalue weighted by atomic mass is 16.4. The van der Waals surface area contributed by atoms with E-state index in [9.17, 15) is 4.79 Å². The van der Waals surface area contributed by atoms with Gasteiger partial charge < -0.3 is 14.6 Å². The number of piperidine rings is 1. The average molecular weight is 358 g/mol. The van der Waals surface area contributed by atoms with Crippen LogP contribution in [0, 0.1) is 13.8 Å². The monoisotopic (exact) mass is 358 g/mol. The van der Waals surface area contributed by atoms with Crippen molar-refractivity contribution < 1.29 is 9.21 Å². The third kappa shape index (κ3) is 3.84. The fourth-order valence-electron chi connectivity index (χ4n) is 3.28. The summed E-state index contributed by atoms with van der Waals surface area (Å²) >= 11 is 0. The first-order valence-corrected chi connectivity index (χ1v) is 9.24. The zero-order chi connectivity index (χ0) is 18.7. The molecule has 0 radical (unpaired) electrons. The van der Waals surface area contributed by atoms with E-state index in [0.717, 1.165) is 50.2 Å². The fraction of sp³-hybridized carbons (Fsp3) is 0.611. The van der Waals surface area contributed by atoms with Gasteiger partial charge in [-0.3, -0.25) is 4.79 Å². The van der Waals surface area contributed by atoms with Gasteiger partial charge in [-0.1, -0.05) is 13.8 Å². The number of carbonyl (C=O) groups is 1. The van der Waals surface area contributed by atoms with Crippen LogP contribution in [0.4, 0.5) is 5.95 Å². The molecule has 1 N–H and O–H groups in total. The highest BCUT2D eigenvalue weighted by Gasteiger charge is 2.25. The third-order valence-electron chi connectivity index (χ3n) is 4.72. The number of aromatic nitrogens is 4. The highest BCUT2D eigenvalue weighted by Crippen LogP contribution is 2.18. The van der Waals surface area contributed by atoms with E-state index in [2.05, 4.69) is 44.2 Å². The Balaban J connectivity index is 1.59. The van der Waals surface area contributed by atoms with Crippen LogP contribution in [0.1, 0.15) is 60.2 Å². The van der Waals surface area contributed by atoms with Gasteiger partial charge in [-0.2, -0.15) is 5.10 Å². The molecule has 1 aliphatic heterocycles. The van der Waals surface area contributed by atoms with Gasteiger partial charge in [0, 0.05) is 26.1 Å². The van der Waals surface area contributed by atoms with Crippen LogP contribution in [0.25, 0.3) is 0 Å². The maximum absolute atomic E-state index is 12.4. The molecule has 8 heteroatoms. The molecule has 3 rings (SSSR count). The molecular weight excluding hydrogens is 332 g/mol. The maximum atomic E-state index is 12.4. The van der Waals surface area contributed by atoms with E-state index in [1.807, 2.05) is 0 Å². The Morgan fingerprint density at radius 2 is 1.81 bits per heavy atom. The van der Waals surface area contributed by atoms with E-state index >= 15 is 0 Å². The number of aryl methyl sites for hydroxylation is 4. The lowest BCUT2D eigenvalue weighted by molar-refractivity contribution is 0.0900. The molecule has 0 aliphatic carbocycles. The highest BCUT2D eigenvalue weighted by molar-refractivity contribution is 5.92. The Kier molecular flexibility index (Phi) is 5.49. The first-order chi connectivity index (χ1) is 12.5. The molecule has 2 aromatic rings. The molecule has 1 saturated heterocycles. The van der Waals surface area contributed by atoms with E-state index in [0.29, 0.717) is 23.3 Å². The number of hydrogen-bond acceptors (Lipinski definition) is 7. The largest absolute Gasteiger partial charge is 0.436 e. The van der Waals surface area contributed by atoms with Gasteiger partial charge in [0.05, 0.1) is 17.1 Å². The number of nitrogens with zero attached hydrogens (tertiary/aromatic N) is 5. The second-order valence-electron chi connectivity index (χ2n) is 6.59. The minimum absolute atomic E-state index is 0.108. The van der Waals surface area contributed by atoms with E-state index in [1.54, 1.807) is 13.8 Å². The summed E-state index contributed by atoms with van der Waals surface area (Å²) in [5.41, 5.74) is 2.61. The molecule has 0 bridgehead atoms. The second kappa shape index (κ2) is 7.80. The van der Waals surface area contributed by atoms with Gasteiger partial charge in [0.2, 0.25) is 11.7 Å². The summed E-state index contributed by atoms with van der Waals surface area (Å²) < 4.78 is 5.39. The minimum atomic E-state index is -0.194. The quantitative estimate of drug-likeness (QED) is 0.873. The molecule has 0 atom stereocenters. The number of carbonyl (C=O) groups excluding carboxylic acids is 1. The molecule has 8 nitrogen and oxygen atoms in total. The van der Waals surface area contributed by atoms with Crippen molar-refractivity contribution in [1.29, 1.82) is 0 Å². The van der Waals surface area contributed by atoms with Gasteiger partial charge >= 0.3 is 0 Å². The lowest BCUT2D eigenvalue weighted by atomic mass is 10.1. The Morgan fingerprint density at radius 3 is 2.38 bits per heavy atom.